The van der Waals surface area contributed by atoms with Crippen molar-refractivity contribution in [3.05, 3.63) is 0 Å². The van der Waals surface area contributed by atoms with Crippen molar-refractivity contribution in [1.82, 2.24) is 10.2 Å². The molecule has 1 N–H and O–H groups in total. The van der Waals surface area contributed by atoms with Crippen LogP contribution in [0.25, 0.3) is 0 Å². The third-order valence-electron chi connectivity index (χ3n) is 4.27. The largest absolute Gasteiger partial charge is 0.345 e. The predicted octanol–water partition coefficient (Wildman–Crippen LogP) is 1.16. The lowest BCUT2D eigenvalue weighted by Crippen LogP contribution is -2.59. The van der Waals surface area contributed by atoms with E-state index in [9.17, 15) is 9.59 Å². The van der Waals surface area contributed by atoms with Gasteiger partial charge in [-0.1, -0.05) is 26.7 Å². The van der Waals surface area contributed by atoms with Crippen molar-refractivity contribution in [1.29, 1.82) is 0 Å². The molecule has 17 heavy (non-hydrogen) atoms. The van der Waals surface area contributed by atoms with Crippen LogP contribution in [0, 0.1) is 11.8 Å². The Balaban J connectivity index is 2.05. The van der Waals surface area contributed by atoms with Crippen LogP contribution in [-0.2, 0) is 9.59 Å². The highest BCUT2D eigenvalue weighted by atomic mass is 16.2. The molecule has 2 fully saturated rings. The molecule has 1 aliphatic carbocycles. The van der Waals surface area contributed by atoms with Crippen molar-refractivity contribution >= 4 is 11.8 Å². The maximum Gasteiger partial charge on any atom is 0.243 e. The molecule has 1 saturated carbocycles. The van der Waals surface area contributed by atoms with Crippen LogP contribution in [0.15, 0.2) is 0 Å². The van der Waals surface area contributed by atoms with Crippen LogP contribution in [0.1, 0.15) is 39.5 Å². The number of nitrogens with zero attached hydrogens (tertiary/aromatic N) is 1. The molecule has 1 heterocycles. The number of piperazine rings is 1. The third kappa shape index (κ3) is 2.45. The van der Waals surface area contributed by atoms with Crippen molar-refractivity contribution < 1.29 is 9.59 Å². The van der Waals surface area contributed by atoms with E-state index in [0.717, 1.165) is 6.54 Å². The van der Waals surface area contributed by atoms with Crippen molar-refractivity contribution in [2.24, 2.45) is 11.8 Å². The fraction of sp³-hybridized carbons (Fsp3) is 0.846. The number of nitrogens with one attached hydrogen (secondary N) is 1. The maximum absolute atomic E-state index is 11.9. The lowest BCUT2D eigenvalue weighted by molar-refractivity contribution is -0.146. The first-order valence-corrected chi connectivity index (χ1v) is 6.70. The second-order valence-corrected chi connectivity index (χ2v) is 5.36. The Labute approximate surface area is 103 Å². The Morgan fingerprint density at radius 2 is 2.12 bits per heavy atom. The van der Waals surface area contributed by atoms with Gasteiger partial charge < -0.3 is 10.2 Å². The maximum atomic E-state index is 11.9. The Hall–Kier alpha value is -1.06. The minimum Gasteiger partial charge on any atom is -0.345 e. The van der Waals surface area contributed by atoms with Gasteiger partial charge in [0.2, 0.25) is 11.8 Å². The zero-order valence-corrected chi connectivity index (χ0v) is 10.7. The minimum atomic E-state index is -0.246. The highest BCUT2D eigenvalue weighted by Gasteiger charge is 2.36. The Kier molecular flexibility index (Phi) is 3.69. The molecular formula is C13H22N2O2. The molecule has 2 amide bonds. The molecule has 0 aromatic carbocycles. The van der Waals surface area contributed by atoms with Gasteiger partial charge in [-0.3, -0.25) is 9.59 Å². The highest BCUT2D eigenvalue weighted by molar-refractivity contribution is 5.94. The Morgan fingerprint density at radius 1 is 1.35 bits per heavy atom. The van der Waals surface area contributed by atoms with E-state index in [-0.39, 0.29) is 24.4 Å². The van der Waals surface area contributed by atoms with Crippen LogP contribution < -0.4 is 5.32 Å². The van der Waals surface area contributed by atoms with Gasteiger partial charge in [-0.15, -0.1) is 0 Å². The fourth-order valence-corrected chi connectivity index (χ4v) is 3.08. The number of rotatable bonds is 3. The van der Waals surface area contributed by atoms with E-state index in [1.807, 2.05) is 11.8 Å². The zero-order chi connectivity index (χ0) is 12.4. The van der Waals surface area contributed by atoms with E-state index in [1.54, 1.807) is 0 Å². The number of hydrogen-bond donors (Lipinski definition) is 1. The molecule has 1 aliphatic heterocycles. The SMILES string of the molecule is CCC1C(=O)NCC(=O)N1CC1CCCC1C. The average molecular weight is 238 g/mol. The normalized spacial score (nSPS) is 34.0. The third-order valence-corrected chi connectivity index (χ3v) is 4.27. The fourth-order valence-electron chi connectivity index (χ4n) is 3.08. The summed E-state index contributed by atoms with van der Waals surface area (Å²) in [4.78, 5) is 25.5. The quantitative estimate of drug-likeness (QED) is 0.802. The van der Waals surface area contributed by atoms with Crippen molar-refractivity contribution in [2.75, 3.05) is 13.1 Å². The predicted molar refractivity (Wildman–Crippen MR) is 65.3 cm³/mol. The number of carbonyl (C=O) groups excluding carboxylic acids is 2. The Morgan fingerprint density at radius 3 is 2.71 bits per heavy atom. The lowest BCUT2D eigenvalue weighted by atomic mass is 9.96. The Bertz CT molecular complexity index is 317. The number of carbonyl (C=O) groups is 2. The van der Waals surface area contributed by atoms with Crippen LogP contribution in [0.2, 0.25) is 0 Å². The monoisotopic (exact) mass is 238 g/mol. The topological polar surface area (TPSA) is 49.4 Å². The second kappa shape index (κ2) is 5.07. The first-order valence-electron chi connectivity index (χ1n) is 6.70. The first kappa shape index (κ1) is 12.4. The molecule has 0 aromatic heterocycles. The summed E-state index contributed by atoms with van der Waals surface area (Å²) >= 11 is 0. The summed E-state index contributed by atoms with van der Waals surface area (Å²) in [5, 5.41) is 2.67. The van der Waals surface area contributed by atoms with Gasteiger partial charge in [0.05, 0.1) is 6.54 Å². The minimum absolute atomic E-state index is 0.0118. The van der Waals surface area contributed by atoms with E-state index < -0.39 is 0 Å². The summed E-state index contributed by atoms with van der Waals surface area (Å²) < 4.78 is 0. The van der Waals surface area contributed by atoms with Crippen molar-refractivity contribution in [3.8, 4) is 0 Å². The summed E-state index contributed by atoms with van der Waals surface area (Å²) in [6.45, 7) is 5.17. The molecule has 4 nitrogen and oxygen atoms in total. The molecule has 2 aliphatic rings. The molecule has 3 atom stereocenters. The van der Waals surface area contributed by atoms with Gasteiger partial charge in [-0.05, 0) is 24.7 Å². The van der Waals surface area contributed by atoms with Gasteiger partial charge in [0.15, 0.2) is 0 Å². The van der Waals surface area contributed by atoms with Crippen molar-refractivity contribution in [3.63, 3.8) is 0 Å². The van der Waals surface area contributed by atoms with Gasteiger partial charge in [0.25, 0.3) is 0 Å². The number of hydrogen-bond acceptors (Lipinski definition) is 2. The van der Waals surface area contributed by atoms with Crippen LogP contribution >= 0.6 is 0 Å². The van der Waals surface area contributed by atoms with Crippen LogP contribution in [0.4, 0.5) is 0 Å². The molecule has 2 rings (SSSR count). The summed E-state index contributed by atoms with van der Waals surface area (Å²) in [7, 11) is 0. The lowest BCUT2D eigenvalue weighted by Gasteiger charge is -2.36. The standard InChI is InChI=1S/C13H22N2O2/c1-3-11-13(17)14-7-12(16)15(11)8-10-6-4-5-9(10)2/h9-11H,3-8H2,1-2H3,(H,14,17). The van der Waals surface area contributed by atoms with Crippen molar-refractivity contribution in [2.45, 2.75) is 45.6 Å². The van der Waals surface area contributed by atoms with Gasteiger partial charge >= 0.3 is 0 Å². The zero-order valence-electron chi connectivity index (χ0n) is 10.7. The van der Waals surface area contributed by atoms with E-state index in [1.165, 1.54) is 19.3 Å². The summed E-state index contributed by atoms with van der Waals surface area (Å²) in [6.07, 6.45) is 4.42. The molecule has 0 radical (unpaired) electrons. The number of amides is 2. The molecule has 0 spiro atoms. The molecule has 96 valence electrons. The second-order valence-electron chi connectivity index (χ2n) is 5.36. The molecule has 1 saturated heterocycles. The van der Waals surface area contributed by atoms with E-state index in [4.69, 9.17) is 0 Å². The summed E-state index contributed by atoms with van der Waals surface area (Å²) in [5.74, 6) is 1.36. The summed E-state index contributed by atoms with van der Waals surface area (Å²) in [5.41, 5.74) is 0. The molecule has 0 bridgehead atoms. The molecule has 0 aromatic rings. The van der Waals surface area contributed by atoms with Gasteiger partial charge in [0.1, 0.15) is 6.04 Å². The van der Waals surface area contributed by atoms with Gasteiger partial charge in [-0.25, -0.2) is 0 Å². The summed E-state index contributed by atoms with van der Waals surface area (Å²) in [6, 6.07) is -0.246. The highest BCUT2D eigenvalue weighted by Crippen LogP contribution is 2.32. The molecular weight excluding hydrogens is 216 g/mol. The van der Waals surface area contributed by atoms with Gasteiger partial charge in [0, 0.05) is 6.54 Å². The van der Waals surface area contributed by atoms with Crippen LogP contribution in [0.5, 0.6) is 0 Å². The van der Waals surface area contributed by atoms with Crippen LogP contribution in [-0.4, -0.2) is 35.8 Å². The first-order chi connectivity index (χ1) is 8.13. The van der Waals surface area contributed by atoms with E-state index in [0.29, 0.717) is 18.3 Å². The average Bonchev–Trinajstić information content (AvgIpc) is 2.70. The van der Waals surface area contributed by atoms with Crippen LogP contribution in [0.3, 0.4) is 0 Å². The smallest absolute Gasteiger partial charge is 0.243 e. The molecule has 3 unspecified atom stereocenters. The molecule has 4 heteroatoms. The van der Waals surface area contributed by atoms with E-state index in [2.05, 4.69) is 12.2 Å². The van der Waals surface area contributed by atoms with E-state index >= 15 is 0 Å². The van der Waals surface area contributed by atoms with Gasteiger partial charge in [-0.2, -0.15) is 0 Å².